The van der Waals surface area contributed by atoms with Crippen molar-refractivity contribution in [3.05, 3.63) is 0 Å². The monoisotopic (exact) mass is 297 g/mol. The minimum Gasteiger partial charge on any atom is -0.381 e. The molecule has 0 aromatic rings. The summed E-state index contributed by atoms with van der Waals surface area (Å²) in [7, 11) is 6.80. The van der Waals surface area contributed by atoms with Gasteiger partial charge in [-0.15, -0.1) is 0 Å². The summed E-state index contributed by atoms with van der Waals surface area (Å²) in [5, 5.41) is 3.59. The van der Waals surface area contributed by atoms with Gasteiger partial charge in [-0.05, 0) is 65.2 Å². The minimum absolute atomic E-state index is 0.403. The lowest BCUT2D eigenvalue weighted by Gasteiger charge is -2.51. The molecule has 0 unspecified atom stereocenters. The molecule has 0 bridgehead atoms. The van der Waals surface area contributed by atoms with Crippen LogP contribution in [0.5, 0.6) is 0 Å². The van der Waals surface area contributed by atoms with Crippen LogP contribution in [0.1, 0.15) is 39.0 Å². The molecule has 0 radical (unpaired) electrons. The molecule has 0 atom stereocenters. The highest BCUT2D eigenvalue weighted by Crippen LogP contribution is 2.38. The highest BCUT2D eigenvalue weighted by molar-refractivity contribution is 4.99. The van der Waals surface area contributed by atoms with Crippen molar-refractivity contribution in [2.45, 2.75) is 44.6 Å². The molecular weight excluding hydrogens is 262 g/mol. The van der Waals surface area contributed by atoms with E-state index in [9.17, 15) is 0 Å². The van der Waals surface area contributed by atoms with Crippen molar-refractivity contribution >= 4 is 0 Å². The zero-order valence-electron chi connectivity index (χ0n) is 14.6. The van der Waals surface area contributed by atoms with E-state index < -0.39 is 0 Å². The summed E-state index contributed by atoms with van der Waals surface area (Å²) in [4.78, 5) is 5.04. The molecule has 4 nitrogen and oxygen atoms in total. The molecule has 2 rings (SSSR count). The van der Waals surface area contributed by atoms with Gasteiger partial charge in [-0.25, -0.2) is 0 Å². The van der Waals surface area contributed by atoms with Crippen molar-refractivity contribution in [2.24, 2.45) is 5.41 Å². The van der Waals surface area contributed by atoms with E-state index in [-0.39, 0.29) is 0 Å². The third kappa shape index (κ3) is 4.19. The average Bonchev–Trinajstić information content (AvgIpc) is 2.41. The van der Waals surface area contributed by atoms with Gasteiger partial charge in [0.1, 0.15) is 0 Å². The largest absolute Gasteiger partial charge is 0.381 e. The van der Waals surface area contributed by atoms with Crippen LogP contribution in [0.4, 0.5) is 0 Å². The first-order valence-electron chi connectivity index (χ1n) is 8.66. The normalized spacial score (nSPS) is 24.3. The van der Waals surface area contributed by atoms with Gasteiger partial charge < -0.3 is 19.9 Å². The number of rotatable bonds is 8. The van der Waals surface area contributed by atoms with Crippen LogP contribution in [-0.2, 0) is 4.74 Å². The van der Waals surface area contributed by atoms with Crippen LogP contribution in [-0.4, -0.2) is 75.9 Å². The Morgan fingerprint density at radius 3 is 2.14 bits per heavy atom. The van der Waals surface area contributed by atoms with Crippen LogP contribution in [0.15, 0.2) is 0 Å². The van der Waals surface area contributed by atoms with Gasteiger partial charge in [-0.3, -0.25) is 0 Å². The molecule has 1 aliphatic carbocycles. The van der Waals surface area contributed by atoms with Crippen molar-refractivity contribution in [3.63, 3.8) is 0 Å². The lowest BCUT2D eigenvalue weighted by Crippen LogP contribution is -2.58. The number of hydrogen-bond donors (Lipinski definition) is 1. The third-order valence-electron chi connectivity index (χ3n) is 5.71. The van der Waals surface area contributed by atoms with E-state index in [1.165, 1.54) is 45.2 Å². The predicted octanol–water partition coefficient (Wildman–Crippen LogP) is 1.81. The predicted molar refractivity (Wildman–Crippen MR) is 88.8 cm³/mol. The summed E-state index contributed by atoms with van der Waals surface area (Å²) in [5.74, 6) is 0. The van der Waals surface area contributed by atoms with Crippen LogP contribution in [0.3, 0.4) is 0 Å². The van der Waals surface area contributed by atoms with E-state index in [0.717, 1.165) is 26.3 Å². The zero-order valence-corrected chi connectivity index (χ0v) is 14.6. The maximum Gasteiger partial charge on any atom is 0.0472 e. The minimum atomic E-state index is 0.403. The Hall–Kier alpha value is -0.160. The molecule has 0 spiro atoms. The van der Waals surface area contributed by atoms with E-state index in [0.29, 0.717) is 11.0 Å². The second kappa shape index (κ2) is 7.40. The first-order valence-corrected chi connectivity index (χ1v) is 8.66. The second-order valence-electron chi connectivity index (χ2n) is 7.54. The van der Waals surface area contributed by atoms with Gasteiger partial charge in [0.05, 0.1) is 0 Å². The maximum atomic E-state index is 5.60. The van der Waals surface area contributed by atoms with Crippen LogP contribution < -0.4 is 5.32 Å². The zero-order chi connectivity index (χ0) is 15.3. The topological polar surface area (TPSA) is 27.7 Å². The van der Waals surface area contributed by atoms with E-state index in [1.54, 1.807) is 0 Å². The fourth-order valence-electron chi connectivity index (χ4n) is 4.05. The van der Waals surface area contributed by atoms with Gasteiger partial charge in [0.2, 0.25) is 0 Å². The Balaban J connectivity index is 1.92. The average molecular weight is 297 g/mol. The van der Waals surface area contributed by atoms with Crippen LogP contribution in [0, 0.1) is 5.41 Å². The molecule has 4 heteroatoms. The SMILES string of the molecule is CCNCC1(CN(C)CC2(N(C)C)CCC2)CCOCC1. The summed E-state index contributed by atoms with van der Waals surface area (Å²) in [6.07, 6.45) is 6.49. The molecular formula is C17H35N3O. The standard InChI is InChI=1S/C17H35N3O/c1-5-18-13-16(9-11-21-12-10-16)14-20(4)15-17(19(2)3)7-6-8-17/h18H,5-15H2,1-4H3. The summed E-state index contributed by atoms with van der Waals surface area (Å²) in [6, 6.07) is 0. The highest BCUT2D eigenvalue weighted by Gasteiger charge is 2.41. The molecule has 21 heavy (non-hydrogen) atoms. The van der Waals surface area contributed by atoms with Gasteiger partial charge in [0.25, 0.3) is 0 Å². The van der Waals surface area contributed by atoms with Crippen LogP contribution in [0.2, 0.25) is 0 Å². The molecule has 1 aliphatic heterocycles. The Bertz CT molecular complexity index is 309. The van der Waals surface area contributed by atoms with E-state index >= 15 is 0 Å². The van der Waals surface area contributed by atoms with Crippen molar-refractivity contribution < 1.29 is 4.74 Å². The molecule has 1 saturated carbocycles. The van der Waals surface area contributed by atoms with Gasteiger partial charge in [-0.1, -0.05) is 6.92 Å². The van der Waals surface area contributed by atoms with Crippen molar-refractivity contribution in [3.8, 4) is 0 Å². The number of likely N-dealkylation sites (N-methyl/N-ethyl adjacent to an activating group) is 2. The first kappa shape index (κ1) is 17.2. The lowest BCUT2D eigenvalue weighted by molar-refractivity contribution is -0.0214. The van der Waals surface area contributed by atoms with Gasteiger partial charge in [0, 0.05) is 38.4 Å². The molecule has 2 fully saturated rings. The third-order valence-corrected chi connectivity index (χ3v) is 5.71. The van der Waals surface area contributed by atoms with Gasteiger partial charge in [-0.2, -0.15) is 0 Å². The summed E-state index contributed by atoms with van der Waals surface area (Å²) >= 11 is 0. The molecule has 1 saturated heterocycles. The molecule has 2 aliphatic rings. The number of ether oxygens (including phenoxy) is 1. The second-order valence-corrected chi connectivity index (χ2v) is 7.54. The molecule has 1 heterocycles. The Labute approximate surface area is 131 Å². The fraction of sp³-hybridized carbons (Fsp3) is 1.00. The first-order chi connectivity index (χ1) is 10.0. The molecule has 0 aromatic carbocycles. The van der Waals surface area contributed by atoms with Crippen molar-refractivity contribution in [2.75, 3.05) is 60.5 Å². The van der Waals surface area contributed by atoms with Crippen molar-refractivity contribution in [1.82, 2.24) is 15.1 Å². The van der Waals surface area contributed by atoms with Gasteiger partial charge in [0.15, 0.2) is 0 Å². The Kier molecular flexibility index (Phi) is 6.06. The molecule has 0 amide bonds. The summed E-state index contributed by atoms with van der Waals surface area (Å²) in [6.45, 7) is 8.65. The fourth-order valence-corrected chi connectivity index (χ4v) is 4.05. The Morgan fingerprint density at radius 1 is 1.00 bits per heavy atom. The Morgan fingerprint density at radius 2 is 1.67 bits per heavy atom. The summed E-state index contributed by atoms with van der Waals surface area (Å²) < 4.78 is 5.60. The highest BCUT2D eigenvalue weighted by atomic mass is 16.5. The lowest BCUT2D eigenvalue weighted by atomic mass is 9.74. The van der Waals surface area contributed by atoms with E-state index in [4.69, 9.17) is 4.74 Å². The molecule has 1 N–H and O–H groups in total. The quantitative estimate of drug-likeness (QED) is 0.739. The van der Waals surface area contributed by atoms with Crippen LogP contribution >= 0.6 is 0 Å². The molecule has 0 aromatic heterocycles. The molecule has 124 valence electrons. The number of nitrogens with one attached hydrogen (secondary N) is 1. The van der Waals surface area contributed by atoms with Gasteiger partial charge >= 0.3 is 0 Å². The van der Waals surface area contributed by atoms with Crippen molar-refractivity contribution in [1.29, 1.82) is 0 Å². The number of hydrogen-bond acceptors (Lipinski definition) is 4. The summed E-state index contributed by atoms with van der Waals surface area (Å²) in [5.41, 5.74) is 0.833. The van der Waals surface area contributed by atoms with E-state index in [2.05, 4.69) is 43.2 Å². The number of nitrogens with zero attached hydrogens (tertiary/aromatic N) is 2. The smallest absolute Gasteiger partial charge is 0.0472 e. The van der Waals surface area contributed by atoms with E-state index in [1.807, 2.05) is 0 Å². The van der Waals surface area contributed by atoms with Crippen LogP contribution in [0.25, 0.3) is 0 Å². The maximum absolute atomic E-state index is 5.60.